The van der Waals surface area contributed by atoms with Crippen molar-refractivity contribution in [1.82, 2.24) is 15.3 Å². The Kier molecular flexibility index (Phi) is 5.81. The van der Waals surface area contributed by atoms with Crippen LogP contribution in [-0.4, -0.2) is 33.3 Å². The first-order valence-electron chi connectivity index (χ1n) is 11.3. The highest BCUT2D eigenvalue weighted by Gasteiger charge is 2.27. The van der Waals surface area contributed by atoms with Gasteiger partial charge in [0.2, 0.25) is 5.78 Å². The van der Waals surface area contributed by atoms with Gasteiger partial charge in [-0.15, -0.1) is 0 Å². The maximum atomic E-state index is 13.3. The predicted octanol–water partition coefficient (Wildman–Crippen LogP) is 4.65. The van der Waals surface area contributed by atoms with E-state index in [-0.39, 0.29) is 34.5 Å². The van der Waals surface area contributed by atoms with Crippen LogP contribution in [0, 0.1) is 0 Å². The Labute approximate surface area is 201 Å². The quantitative estimate of drug-likeness (QED) is 0.225. The zero-order valence-electron chi connectivity index (χ0n) is 18.8. The zero-order chi connectivity index (χ0) is 24.4. The number of para-hydroxylation sites is 1. The van der Waals surface area contributed by atoms with Gasteiger partial charge in [0, 0.05) is 34.8 Å². The molecule has 0 atom stereocenters. The number of phenolic OH excluding ortho intramolecular Hbond substituents is 1. The van der Waals surface area contributed by atoms with E-state index in [1.807, 2.05) is 36.5 Å². The van der Waals surface area contributed by atoms with Crippen LogP contribution in [0.3, 0.4) is 0 Å². The molecule has 0 saturated heterocycles. The van der Waals surface area contributed by atoms with E-state index in [0.29, 0.717) is 29.7 Å². The minimum absolute atomic E-state index is 0.0814. The molecule has 1 amide bonds. The number of aromatic nitrogens is 2. The number of H-pyrrole nitrogens is 2. The zero-order valence-corrected chi connectivity index (χ0v) is 18.8. The number of phenols is 1. The summed E-state index contributed by atoms with van der Waals surface area (Å²) in [6.45, 7) is 0.391. The first kappa shape index (κ1) is 22.0. The molecule has 2 aromatic heterocycles. The molecular formula is C28H24N4O3. The van der Waals surface area contributed by atoms with Gasteiger partial charge in [-0.2, -0.15) is 0 Å². The molecule has 0 aliphatic heterocycles. The van der Waals surface area contributed by atoms with E-state index in [4.69, 9.17) is 5.73 Å². The molecule has 0 spiro atoms. The molecule has 0 fully saturated rings. The lowest BCUT2D eigenvalue weighted by Gasteiger charge is -2.09. The molecule has 0 bridgehead atoms. The number of carbonyl (C=O) groups excluding carboxylic acids is 2. The van der Waals surface area contributed by atoms with Crippen molar-refractivity contribution >= 4 is 28.4 Å². The van der Waals surface area contributed by atoms with Crippen LogP contribution in [0.4, 0.5) is 5.82 Å². The average Bonchev–Trinajstić information content (AvgIpc) is 3.45. The molecule has 3 aromatic carbocycles. The average molecular weight is 465 g/mol. The fourth-order valence-electron chi connectivity index (χ4n) is 4.31. The molecule has 7 heteroatoms. The second kappa shape index (κ2) is 9.23. The third kappa shape index (κ3) is 4.27. The summed E-state index contributed by atoms with van der Waals surface area (Å²) in [5.41, 5.74) is 10.3. The third-order valence-corrected chi connectivity index (χ3v) is 6.03. The van der Waals surface area contributed by atoms with Crippen molar-refractivity contribution in [2.75, 3.05) is 12.3 Å². The van der Waals surface area contributed by atoms with Gasteiger partial charge in [-0.05, 0) is 35.7 Å². The number of ketones is 1. The smallest absolute Gasteiger partial charge is 0.255 e. The monoisotopic (exact) mass is 464 g/mol. The summed E-state index contributed by atoms with van der Waals surface area (Å²) >= 11 is 0. The number of fused-ring (bicyclic) bond motifs is 1. The molecule has 5 aromatic rings. The molecule has 2 heterocycles. The number of carbonyl (C=O) groups is 2. The number of amides is 1. The van der Waals surface area contributed by atoms with Gasteiger partial charge in [-0.1, -0.05) is 60.7 Å². The SMILES string of the molecule is Nc1[nH]c(C(=O)c2ccccc2)c(-c2ccc(O)cc2)c1C(=O)NCCc1c[nH]c2ccccc12. The number of nitrogens with one attached hydrogen (secondary N) is 3. The topological polar surface area (TPSA) is 124 Å². The Balaban J connectivity index is 1.46. The molecule has 0 unspecified atom stereocenters. The Bertz CT molecular complexity index is 1520. The van der Waals surface area contributed by atoms with Gasteiger partial charge in [-0.3, -0.25) is 9.59 Å². The highest BCUT2D eigenvalue weighted by molar-refractivity contribution is 6.17. The Morgan fingerprint density at radius 2 is 1.63 bits per heavy atom. The molecule has 35 heavy (non-hydrogen) atoms. The first-order valence-corrected chi connectivity index (χ1v) is 11.3. The number of nitrogens with two attached hydrogens (primary N) is 1. The molecule has 0 saturated carbocycles. The van der Waals surface area contributed by atoms with Crippen LogP contribution >= 0.6 is 0 Å². The van der Waals surface area contributed by atoms with Crippen molar-refractivity contribution in [1.29, 1.82) is 0 Å². The van der Waals surface area contributed by atoms with E-state index in [2.05, 4.69) is 15.3 Å². The molecular weight excluding hydrogens is 440 g/mol. The number of nitrogen functional groups attached to an aromatic ring is 1. The van der Waals surface area contributed by atoms with Crippen LogP contribution in [0.2, 0.25) is 0 Å². The fraction of sp³-hybridized carbons (Fsp3) is 0.0714. The minimum Gasteiger partial charge on any atom is -0.508 e. The van der Waals surface area contributed by atoms with E-state index >= 15 is 0 Å². The van der Waals surface area contributed by atoms with Crippen LogP contribution in [-0.2, 0) is 6.42 Å². The Morgan fingerprint density at radius 3 is 2.40 bits per heavy atom. The van der Waals surface area contributed by atoms with E-state index in [1.165, 1.54) is 12.1 Å². The summed E-state index contributed by atoms with van der Waals surface area (Å²) in [5, 5.41) is 13.8. The summed E-state index contributed by atoms with van der Waals surface area (Å²) in [6.07, 6.45) is 2.57. The molecule has 0 aliphatic carbocycles. The van der Waals surface area contributed by atoms with Crippen molar-refractivity contribution in [2.24, 2.45) is 0 Å². The van der Waals surface area contributed by atoms with Crippen molar-refractivity contribution in [2.45, 2.75) is 6.42 Å². The third-order valence-electron chi connectivity index (χ3n) is 6.03. The molecule has 174 valence electrons. The second-order valence-corrected chi connectivity index (χ2v) is 8.27. The number of aromatic amines is 2. The lowest BCUT2D eigenvalue weighted by atomic mass is 9.96. The van der Waals surface area contributed by atoms with Crippen molar-refractivity contribution < 1.29 is 14.7 Å². The maximum absolute atomic E-state index is 13.3. The molecule has 5 rings (SSSR count). The van der Waals surface area contributed by atoms with Gasteiger partial charge < -0.3 is 26.1 Å². The molecule has 0 aliphatic rings. The van der Waals surface area contributed by atoms with E-state index in [9.17, 15) is 14.7 Å². The van der Waals surface area contributed by atoms with Gasteiger partial charge in [0.05, 0.1) is 11.3 Å². The van der Waals surface area contributed by atoms with Crippen molar-refractivity contribution in [3.05, 3.63) is 107 Å². The summed E-state index contributed by atoms with van der Waals surface area (Å²) in [7, 11) is 0. The van der Waals surface area contributed by atoms with Crippen molar-refractivity contribution in [3.63, 3.8) is 0 Å². The summed E-state index contributed by atoms with van der Waals surface area (Å²) < 4.78 is 0. The number of aromatic hydroxyl groups is 1. The molecule has 0 radical (unpaired) electrons. The Morgan fingerprint density at radius 1 is 0.914 bits per heavy atom. The Hall–Kier alpha value is -4.78. The van der Waals surface area contributed by atoms with Gasteiger partial charge in [0.1, 0.15) is 11.6 Å². The minimum atomic E-state index is -0.381. The number of rotatable bonds is 7. The van der Waals surface area contributed by atoms with Gasteiger partial charge in [-0.25, -0.2) is 0 Å². The summed E-state index contributed by atoms with van der Waals surface area (Å²) in [6, 6.07) is 23.1. The normalized spacial score (nSPS) is 11.0. The highest BCUT2D eigenvalue weighted by Crippen LogP contribution is 2.34. The van der Waals surface area contributed by atoms with Crippen molar-refractivity contribution in [3.8, 4) is 16.9 Å². The van der Waals surface area contributed by atoms with Gasteiger partial charge in [0.25, 0.3) is 5.91 Å². The number of benzene rings is 3. The maximum Gasteiger partial charge on any atom is 0.255 e. The van der Waals surface area contributed by atoms with Crippen LogP contribution in [0.1, 0.15) is 32.0 Å². The highest BCUT2D eigenvalue weighted by atomic mass is 16.3. The second-order valence-electron chi connectivity index (χ2n) is 8.27. The first-order chi connectivity index (χ1) is 17.0. The lowest BCUT2D eigenvalue weighted by molar-refractivity contribution is 0.0955. The number of hydrogen-bond acceptors (Lipinski definition) is 4. The summed E-state index contributed by atoms with van der Waals surface area (Å²) in [4.78, 5) is 32.8. The lowest BCUT2D eigenvalue weighted by Crippen LogP contribution is -2.26. The van der Waals surface area contributed by atoms with Crippen LogP contribution in [0.5, 0.6) is 5.75 Å². The van der Waals surface area contributed by atoms with E-state index in [0.717, 1.165) is 16.5 Å². The fourth-order valence-corrected chi connectivity index (χ4v) is 4.31. The number of hydrogen-bond donors (Lipinski definition) is 5. The van der Waals surface area contributed by atoms with E-state index < -0.39 is 0 Å². The van der Waals surface area contributed by atoms with Gasteiger partial charge in [0.15, 0.2) is 0 Å². The number of anilines is 1. The largest absolute Gasteiger partial charge is 0.508 e. The summed E-state index contributed by atoms with van der Waals surface area (Å²) in [5.74, 6) is -0.470. The standard InChI is InChI=1S/C28H24N4O3/c29-27-24(28(35)30-15-14-19-16-31-22-9-5-4-8-21(19)22)23(17-10-12-20(33)13-11-17)25(32-27)26(34)18-6-2-1-3-7-18/h1-13,16,31-33H,14-15,29H2,(H,30,35). The van der Waals surface area contributed by atoms with Crippen LogP contribution < -0.4 is 11.1 Å². The predicted molar refractivity (Wildman–Crippen MR) is 137 cm³/mol. The van der Waals surface area contributed by atoms with E-state index in [1.54, 1.807) is 36.4 Å². The van der Waals surface area contributed by atoms with Crippen LogP contribution in [0.25, 0.3) is 22.0 Å². The van der Waals surface area contributed by atoms with Gasteiger partial charge >= 0.3 is 0 Å². The molecule has 7 nitrogen and oxygen atoms in total. The molecule has 6 N–H and O–H groups in total. The van der Waals surface area contributed by atoms with Crippen LogP contribution in [0.15, 0.2) is 85.1 Å².